The first kappa shape index (κ1) is 7.68. The van der Waals surface area contributed by atoms with E-state index in [4.69, 9.17) is 34.8 Å². The summed E-state index contributed by atoms with van der Waals surface area (Å²) < 4.78 is -0.230. The van der Waals surface area contributed by atoms with Crippen molar-refractivity contribution in [3.63, 3.8) is 0 Å². The van der Waals surface area contributed by atoms with E-state index in [-0.39, 0.29) is 15.4 Å². The van der Waals surface area contributed by atoms with E-state index in [0.717, 1.165) is 6.42 Å². The molecule has 1 fully saturated rings. The van der Waals surface area contributed by atoms with E-state index in [9.17, 15) is 0 Å². The molecule has 1 aliphatic heterocycles. The smallest absolute Gasteiger partial charge is 0.107 e. The first-order valence-corrected chi connectivity index (χ1v) is 5.35. The third-order valence-electron chi connectivity index (χ3n) is 1.89. The molecule has 0 aromatic carbocycles. The molecule has 56 valence electrons. The van der Waals surface area contributed by atoms with Gasteiger partial charge in [0.2, 0.25) is 0 Å². The second kappa shape index (κ2) is 2.26. The van der Waals surface area contributed by atoms with E-state index in [2.05, 4.69) is 6.08 Å². The molecule has 2 rings (SSSR count). The van der Waals surface area contributed by atoms with Crippen molar-refractivity contribution in [1.29, 1.82) is 0 Å². The topological polar surface area (TPSA) is 0 Å². The molecule has 0 aromatic heterocycles. The highest BCUT2D eigenvalue weighted by molar-refractivity contribution is 7.59. The van der Waals surface area contributed by atoms with Crippen molar-refractivity contribution < 1.29 is 0 Å². The molecule has 0 nitrogen and oxygen atoms in total. The molecule has 2 aliphatic rings. The van der Waals surface area contributed by atoms with E-state index in [1.807, 2.05) is 0 Å². The fourth-order valence-corrected chi connectivity index (χ4v) is 3.79. The predicted octanol–water partition coefficient (Wildman–Crippen LogP) is 3.12. The van der Waals surface area contributed by atoms with Gasteiger partial charge < -0.3 is 0 Å². The van der Waals surface area contributed by atoms with Crippen molar-refractivity contribution >= 4 is 43.4 Å². The van der Waals surface area contributed by atoms with Gasteiger partial charge in [-0.05, 0) is 11.7 Å². The van der Waals surface area contributed by atoms with Gasteiger partial charge in [-0.25, -0.2) is 0 Å². The Balaban J connectivity index is 2.28. The van der Waals surface area contributed by atoms with E-state index in [0.29, 0.717) is 8.58 Å². The number of hydrogen-bond donors (Lipinski definition) is 0. The van der Waals surface area contributed by atoms with Crippen LogP contribution in [0.25, 0.3) is 0 Å². The zero-order chi connectivity index (χ0) is 7.35. The third kappa shape index (κ3) is 0.932. The Morgan fingerprint density at radius 1 is 1.60 bits per heavy atom. The Bertz CT molecular complexity index is 203. The van der Waals surface area contributed by atoms with Crippen LogP contribution in [0.2, 0.25) is 0 Å². The highest BCUT2D eigenvalue weighted by atomic mass is 35.5. The van der Waals surface area contributed by atoms with E-state index in [1.54, 1.807) is 0 Å². The maximum Gasteiger partial charge on any atom is 0.107 e. The van der Waals surface area contributed by atoms with Crippen LogP contribution in [-0.2, 0) is 0 Å². The normalized spacial score (nSPS) is 54.1. The molecule has 0 amide bonds. The number of fused-ring (bicyclic) bond motifs is 1. The minimum absolute atomic E-state index is 0.0258. The van der Waals surface area contributed by atoms with Crippen LogP contribution in [-0.4, -0.2) is 15.4 Å². The average molecular weight is 215 g/mol. The molecule has 0 bridgehead atoms. The van der Waals surface area contributed by atoms with E-state index >= 15 is 0 Å². The van der Waals surface area contributed by atoms with Gasteiger partial charge in [0.05, 0.1) is 10.8 Å². The molecule has 0 radical (unpaired) electrons. The van der Waals surface area contributed by atoms with Gasteiger partial charge in [-0.2, -0.15) is 0 Å². The van der Waals surface area contributed by atoms with Crippen molar-refractivity contribution in [2.24, 2.45) is 0 Å². The second-order valence-electron chi connectivity index (χ2n) is 2.61. The molecule has 1 aliphatic carbocycles. The Hall–Kier alpha value is 1.04. The van der Waals surface area contributed by atoms with Crippen molar-refractivity contribution in [3.8, 4) is 0 Å². The van der Waals surface area contributed by atoms with Gasteiger partial charge >= 0.3 is 0 Å². The largest absolute Gasteiger partial charge is 0.121 e. The number of rotatable bonds is 0. The van der Waals surface area contributed by atoms with Gasteiger partial charge in [-0.15, -0.1) is 34.8 Å². The summed E-state index contributed by atoms with van der Waals surface area (Å²) in [7, 11) is 0.707. The van der Waals surface area contributed by atoms with Gasteiger partial charge in [0.15, 0.2) is 0 Å². The number of halogens is 3. The summed E-state index contributed by atoms with van der Waals surface area (Å²) in [4.78, 5) is 0. The van der Waals surface area contributed by atoms with E-state index < -0.39 is 0 Å². The molecular formula is C6H6Cl3P. The molecule has 4 atom stereocenters. The molecule has 0 aromatic rings. The van der Waals surface area contributed by atoms with Gasteiger partial charge in [0.1, 0.15) is 4.62 Å². The molecule has 10 heavy (non-hydrogen) atoms. The maximum atomic E-state index is 6.12. The Morgan fingerprint density at radius 2 is 2.30 bits per heavy atom. The SMILES string of the molecule is ClC1CC=C2PC2(Cl)C1Cl. The van der Waals surface area contributed by atoms with Crippen molar-refractivity contribution in [3.05, 3.63) is 11.4 Å². The van der Waals surface area contributed by atoms with Crippen LogP contribution in [0, 0.1) is 0 Å². The fourth-order valence-electron chi connectivity index (χ4n) is 1.18. The first-order valence-electron chi connectivity index (χ1n) is 3.10. The molecule has 4 unspecified atom stereocenters. The summed E-state index contributed by atoms with van der Waals surface area (Å²) >= 11 is 18.0. The lowest BCUT2D eigenvalue weighted by Gasteiger charge is -2.21. The van der Waals surface area contributed by atoms with Gasteiger partial charge in [-0.1, -0.05) is 14.7 Å². The zero-order valence-corrected chi connectivity index (χ0v) is 8.34. The molecule has 4 heteroatoms. The Kier molecular flexibility index (Phi) is 1.74. The molecule has 0 spiro atoms. The summed E-state index contributed by atoms with van der Waals surface area (Å²) in [6.45, 7) is 0. The van der Waals surface area contributed by atoms with Crippen LogP contribution in [0.1, 0.15) is 6.42 Å². The van der Waals surface area contributed by atoms with Crippen LogP contribution in [0.5, 0.6) is 0 Å². The number of hydrogen-bond acceptors (Lipinski definition) is 0. The highest BCUT2D eigenvalue weighted by Gasteiger charge is 2.57. The summed E-state index contributed by atoms with van der Waals surface area (Å²) in [5, 5.41) is 1.28. The summed E-state index contributed by atoms with van der Waals surface area (Å²) in [5.41, 5.74) is 0. The zero-order valence-electron chi connectivity index (χ0n) is 5.07. The summed E-state index contributed by atoms with van der Waals surface area (Å²) in [6, 6.07) is 0. The monoisotopic (exact) mass is 214 g/mol. The van der Waals surface area contributed by atoms with Gasteiger partial charge in [0.25, 0.3) is 0 Å². The number of alkyl halides is 3. The van der Waals surface area contributed by atoms with Crippen LogP contribution in [0.15, 0.2) is 11.4 Å². The predicted molar refractivity (Wildman–Crippen MR) is 48.9 cm³/mol. The third-order valence-corrected chi connectivity index (χ3v) is 5.82. The second-order valence-corrected chi connectivity index (χ2v) is 6.13. The van der Waals surface area contributed by atoms with Gasteiger partial charge in [-0.3, -0.25) is 0 Å². The lowest BCUT2D eigenvalue weighted by Crippen LogP contribution is -2.28. The lowest BCUT2D eigenvalue weighted by atomic mass is 10.1. The molecule has 0 N–H and O–H groups in total. The molecule has 1 heterocycles. The summed E-state index contributed by atoms with van der Waals surface area (Å²) in [5.74, 6) is 0. The van der Waals surface area contributed by atoms with Crippen LogP contribution >= 0.6 is 43.4 Å². The van der Waals surface area contributed by atoms with Crippen molar-refractivity contribution in [2.45, 2.75) is 21.8 Å². The molecular weight excluding hydrogens is 209 g/mol. The van der Waals surface area contributed by atoms with E-state index in [1.165, 1.54) is 5.31 Å². The number of allylic oxidation sites excluding steroid dienone is 2. The van der Waals surface area contributed by atoms with Crippen molar-refractivity contribution in [1.82, 2.24) is 0 Å². The van der Waals surface area contributed by atoms with Crippen LogP contribution < -0.4 is 0 Å². The Morgan fingerprint density at radius 3 is 2.90 bits per heavy atom. The standard InChI is InChI=1S/C6H6Cl3P/c7-3-1-2-4-6(9,10-4)5(3)8/h2-3,5,10H,1H2. The van der Waals surface area contributed by atoms with Gasteiger partial charge in [0, 0.05) is 0 Å². The molecule has 0 saturated carbocycles. The first-order chi connectivity index (χ1) is 4.64. The Labute approximate surface area is 76.7 Å². The molecule has 1 saturated heterocycles. The average Bonchev–Trinajstić information content (AvgIpc) is 2.55. The fraction of sp³-hybridized carbons (Fsp3) is 0.667. The summed E-state index contributed by atoms with van der Waals surface area (Å²) in [6.07, 6.45) is 3.01. The minimum atomic E-state index is -0.230. The van der Waals surface area contributed by atoms with Crippen LogP contribution in [0.3, 0.4) is 0 Å². The maximum absolute atomic E-state index is 6.12. The lowest BCUT2D eigenvalue weighted by molar-refractivity contribution is 0.746. The van der Waals surface area contributed by atoms with Crippen LogP contribution in [0.4, 0.5) is 0 Å². The quantitative estimate of drug-likeness (QED) is 0.430. The highest BCUT2D eigenvalue weighted by Crippen LogP contribution is 2.73. The minimum Gasteiger partial charge on any atom is -0.121 e. The van der Waals surface area contributed by atoms with Crippen molar-refractivity contribution in [2.75, 3.05) is 0 Å².